The van der Waals surface area contributed by atoms with E-state index in [0.717, 1.165) is 44.0 Å². The molecular formula is C21H33FIN3O2. The van der Waals surface area contributed by atoms with Gasteiger partial charge in [0.05, 0.1) is 19.1 Å². The molecule has 0 radical (unpaired) electrons. The van der Waals surface area contributed by atoms with Crippen LogP contribution in [0.5, 0.6) is 0 Å². The van der Waals surface area contributed by atoms with Crippen molar-refractivity contribution in [1.82, 2.24) is 10.2 Å². The highest BCUT2D eigenvalue weighted by Crippen LogP contribution is 2.24. The minimum atomic E-state index is -0.226. The van der Waals surface area contributed by atoms with Crippen LogP contribution in [0.15, 0.2) is 29.3 Å². The molecule has 1 N–H and O–H groups in total. The molecule has 0 amide bonds. The number of ether oxygens (including phenoxy) is 1. The molecule has 1 aromatic carbocycles. The van der Waals surface area contributed by atoms with Crippen molar-refractivity contribution in [2.24, 2.45) is 10.9 Å². The number of piperidine rings is 1. The molecule has 2 rings (SSSR count). The molecule has 1 aliphatic rings. The van der Waals surface area contributed by atoms with E-state index in [1.54, 1.807) is 0 Å². The molecule has 1 saturated heterocycles. The maximum atomic E-state index is 13.2. The first-order valence-electron chi connectivity index (χ1n) is 9.83. The van der Waals surface area contributed by atoms with Crippen LogP contribution >= 0.6 is 24.0 Å². The lowest BCUT2D eigenvalue weighted by molar-refractivity contribution is -0.149. The second kappa shape index (κ2) is 11.6. The van der Waals surface area contributed by atoms with E-state index in [0.29, 0.717) is 13.2 Å². The number of nitrogens with zero attached hydrogens (tertiary/aromatic N) is 2. The summed E-state index contributed by atoms with van der Waals surface area (Å²) in [7, 11) is 0. The summed E-state index contributed by atoms with van der Waals surface area (Å²) < 4.78 is 18.3. The van der Waals surface area contributed by atoms with E-state index in [9.17, 15) is 9.18 Å². The van der Waals surface area contributed by atoms with Gasteiger partial charge < -0.3 is 15.0 Å². The number of carbonyl (C=O) groups is 1. The van der Waals surface area contributed by atoms with Crippen LogP contribution in [0.2, 0.25) is 0 Å². The lowest BCUT2D eigenvalue weighted by Gasteiger charge is -2.34. The number of hydrogen-bond donors (Lipinski definition) is 1. The summed E-state index contributed by atoms with van der Waals surface area (Å²) in [5.74, 6) is 0.544. The Bertz CT molecular complexity index is 642. The molecular weight excluding hydrogens is 472 g/mol. The quantitative estimate of drug-likeness (QED) is 0.275. The number of esters is 1. The summed E-state index contributed by atoms with van der Waals surface area (Å²) >= 11 is 0. The Balaban J connectivity index is 0.00000392. The summed E-state index contributed by atoms with van der Waals surface area (Å²) in [5.41, 5.74) is 0.863. The fraction of sp³-hybridized carbons (Fsp3) is 0.619. The van der Waals surface area contributed by atoms with Crippen molar-refractivity contribution in [2.75, 3.05) is 32.8 Å². The van der Waals surface area contributed by atoms with Crippen molar-refractivity contribution in [1.29, 1.82) is 0 Å². The van der Waals surface area contributed by atoms with Gasteiger partial charge in [0, 0.05) is 25.0 Å². The molecule has 0 spiro atoms. The summed E-state index contributed by atoms with van der Waals surface area (Å²) in [5, 5.41) is 3.35. The third kappa shape index (κ3) is 6.90. The van der Waals surface area contributed by atoms with E-state index < -0.39 is 0 Å². The van der Waals surface area contributed by atoms with Crippen molar-refractivity contribution >= 4 is 35.9 Å². The first kappa shape index (κ1) is 24.7. The Hall–Kier alpha value is -1.38. The van der Waals surface area contributed by atoms with Gasteiger partial charge in [0.1, 0.15) is 5.82 Å². The van der Waals surface area contributed by atoms with Crippen LogP contribution in [-0.2, 0) is 14.9 Å². The highest BCUT2D eigenvalue weighted by molar-refractivity contribution is 14.0. The number of rotatable bonds is 6. The lowest BCUT2D eigenvalue weighted by atomic mass is 9.85. The Kier molecular flexibility index (Phi) is 10.2. The minimum Gasteiger partial charge on any atom is -0.466 e. The molecule has 0 saturated carbocycles. The topological polar surface area (TPSA) is 53.9 Å². The van der Waals surface area contributed by atoms with E-state index in [1.165, 1.54) is 12.1 Å². The second-order valence-electron chi connectivity index (χ2n) is 7.57. The number of aliphatic imine (C=N–C) groups is 1. The van der Waals surface area contributed by atoms with Gasteiger partial charge in [-0.05, 0) is 44.4 Å². The molecule has 1 aromatic rings. The molecule has 28 heavy (non-hydrogen) atoms. The molecule has 0 aromatic heterocycles. The number of halogens is 2. The van der Waals surface area contributed by atoms with Crippen molar-refractivity contribution in [3.63, 3.8) is 0 Å². The van der Waals surface area contributed by atoms with Gasteiger partial charge in [-0.25, -0.2) is 4.39 Å². The van der Waals surface area contributed by atoms with Crippen molar-refractivity contribution in [2.45, 2.75) is 46.0 Å². The van der Waals surface area contributed by atoms with Gasteiger partial charge in [-0.1, -0.05) is 26.0 Å². The van der Waals surface area contributed by atoms with Crippen molar-refractivity contribution < 1.29 is 13.9 Å². The summed E-state index contributed by atoms with van der Waals surface area (Å²) in [4.78, 5) is 19.0. The molecule has 158 valence electrons. The molecule has 0 bridgehead atoms. The lowest BCUT2D eigenvalue weighted by Crippen LogP contribution is -2.47. The molecule has 5 nitrogen and oxygen atoms in total. The van der Waals surface area contributed by atoms with Gasteiger partial charge in [0.25, 0.3) is 0 Å². The number of benzene rings is 1. The second-order valence-corrected chi connectivity index (χ2v) is 7.57. The molecule has 1 fully saturated rings. The van der Waals surface area contributed by atoms with Crippen LogP contribution in [0.25, 0.3) is 0 Å². The highest BCUT2D eigenvalue weighted by Gasteiger charge is 2.28. The fourth-order valence-corrected chi connectivity index (χ4v) is 3.28. The minimum absolute atomic E-state index is 0. The third-order valence-electron chi connectivity index (χ3n) is 5.00. The monoisotopic (exact) mass is 505 g/mol. The standard InChI is InChI=1S/C21H32FN3O2.HI/c1-5-23-20(25-13-11-16(12-14-25)19(26)27-6-2)24-15-21(3,4)17-7-9-18(22)10-8-17;/h7-10,16H,5-6,11-15H2,1-4H3,(H,23,24);1H. The van der Waals surface area contributed by atoms with E-state index in [-0.39, 0.29) is 47.1 Å². The predicted octanol–water partition coefficient (Wildman–Crippen LogP) is 3.96. The van der Waals surface area contributed by atoms with Crippen LogP contribution in [-0.4, -0.2) is 49.6 Å². The Morgan fingerprint density at radius 2 is 1.86 bits per heavy atom. The van der Waals surface area contributed by atoms with Crippen molar-refractivity contribution in [3.8, 4) is 0 Å². The number of nitrogens with one attached hydrogen (secondary N) is 1. The number of hydrogen-bond acceptors (Lipinski definition) is 3. The zero-order valence-corrected chi connectivity index (χ0v) is 19.7. The van der Waals surface area contributed by atoms with E-state index in [4.69, 9.17) is 9.73 Å². The molecule has 7 heteroatoms. The molecule has 1 aliphatic heterocycles. The van der Waals surface area contributed by atoms with Crippen LogP contribution in [0.4, 0.5) is 4.39 Å². The smallest absolute Gasteiger partial charge is 0.309 e. The third-order valence-corrected chi connectivity index (χ3v) is 5.00. The van der Waals surface area contributed by atoms with E-state index in [2.05, 4.69) is 24.1 Å². The molecule has 0 unspecified atom stereocenters. The Morgan fingerprint density at radius 3 is 2.39 bits per heavy atom. The van der Waals surface area contributed by atoms with E-state index >= 15 is 0 Å². The van der Waals surface area contributed by atoms with Gasteiger partial charge in [-0.15, -0.1) is 24.0 Å². The average molecular weight is 505 g/mol. The number of guanidine groups is 1. The summed E-state index contributed by atoms with van der Waals surface area (Å²) in [6.45, 7) is 11.5. The van der Waals surface area contributed by atoms with Gasteiger partial charge in [0.2, 0.25) is 0 Å². The van der Waals surface area contributed by atoms with Crippen molar-refractivity contribution in [3.05, 3.63) is 35.6 Å². The van der Waals surface area contributed by atoms with Crippen LogP contribution in [0.3, 0.4) is 0 Å². The first-order valence-corrected chi connectivity index (χ1v) is 9.83. The van der Waals surface area contributed by atoms with Crippen LogP contribution < -0.4 is 5.32 Å². The SMILES string of the molecule is CCNC(=NCC(C)(C)c1ccc(F)cc1)N1CCC(C(=O)OCC)CC1.I. The summed E-state index contributed by atoms with van der Waals surface area (Å²) in [6, 6.07) is 6.63. The van der Waals surface area contributed by atoms with Crippen LogP contribution in [0.1, 0.15) is 46.1 Å². The van der Waals surface area contributed by atoms with E-state index in [1.807, 2.05) is 26.0 Å². The van der Waals surface area contributed by atoms with Crippen LogP contribution in [0, 0.1) is 11.7 Å². The maximum absolute atomic E-state index is 13.2. The average Bonchev–Trinajstić information content (AvgIpc) is 2.66. The normalized spacial score (nSPS) is 15.8. The zero-order chi connectivity index (χ0) is 19.9. The van der Waals surface area contributed by atoms with Gasteiger partial charge >= 0.3 is 5.97 Å². The highest BCUT2D eigenvalue weighted by atomic mass is 127. The summed E-state index contributed by atoms with van der Waals surface area (Å²) in [6.07, 6.45) is 1.56. The van der Waals surface area contributed by atoms with Gasteiger partial charge in [-0.3, -0.25) is 9.79 Å². The largest absolute Gasteiger partial charge is 0.466 e. The Morgan fingerprint density at radius 1 is 1.25 bits per heavy atom. The Labute approximate surface area is 185 Å². The predicted molar refractivity (Wildman–Crippen MR) is 122 cm³/mol. The number of carbonyl (C=O) groups excluding carboxylic acids is 1. The zero-order valence-electron chi connectivity index (χ0n) is 17.3. The molecule has 0 atom stereocenters. The fourth-order valence-electron chi connectivity index (χ4n) is 3.28. The maximum Gasteiger partial charge on any atom is 0.309 e. The first-order chi connectivity index (χ1) is 12.9. The van der Waals surface area contributed by atoms with Gasteiger partial charge in [-0.2, -0.15) is 0 Å². The molecule has 1 heterocycles. The molecule has 0 aliphatic carbocycles. The number of likely N-dealkylation sites (tertiary alicyclic amines) is 1. The van der Waals surface area contributed by atoms with Gasteiger partial charge in [0.15, 0.2) is 5.96 Å².